The summed E-state index contributed by atoms with van der Waals surface area (Å²) in [4.78, 5) is 13.2. The third-order valence-corrected chi connectivity index (χ3v) is 5.41. The fourth-order valence-corrected chi connectivity index (χ4v) is 3.80. The van der Waals surface area contributed by atoms with Gasteiger partial charge in [-0.15, -0.1) is 0 Å². The topological polar surface area (TPSA) is 61.8 Å². The molecule has 27 heavy (non-hydrogen) atoms. The van der Waals surface area contributed by atoms with Crippen molar-refractivity contribution in [1.82, 2.24) is 0 Å². The number of carboxylic acid groups (broad SMARTS) is 1. The van der Waals surface area contributed by atoms with Crippen LogP contribution in [0.3, 0.4) is 0 Å². The summed E-state index contributed by atoms with van der Waals surface area (Å²) in [7, 11) is 0. The highest BCUT2D eigenvalue weighted by molar-refractivity contribution is 5.85. The van der Waals surface area contributed by atoms with Crippen molar-refractivity contribution in [2.24, 2.45) is 5.92 Å². The van der Waals surface area contributed by atoms with Gasteiger partial charge in [-0.2, -0.15) is 0 Å². The van der Waals surface area contributed by atoms with Crippen LogP contribution >= 0.6 is 0 Å². The number of aryl methyl sites for hydroxylation is 1. The molecule has 0 atom stereocenters. The molecule has 144 valence electrons. The number of benzene rings is 2. The van der Waals surface area contributed by atoms with E-state index in [1.54, 1.807) is 0 Å². The van der Waals surface area contributed by atoms with E-state index < -0.39 is 5.97 Å². The summed E-state index contributed by atoms with van der Waals surface area (Å²) in [6, 6.07) is 12.6. The van der Waals surface area contributed by atoms with E-state index in [1.807, 2.05) is 12.1 Å². The average molecular weight is 368 g/mol. The van der Waals surface area contributed by atoms with Crippen LogP contribution in [0.4, 0.5) is 11.4 Å². The van der Waals surface area contributed by atoms with E-state index in [1.165, 1.54) is 0 Å². The number of hydrogen-bond donors (Lipinski definition) is 2. The molecule has 0 saturated carbocycles. The molecular formula is C22H28N2O3. The molecule has 0 bridgehead atoms. The normalized spacial score (nSPS) is 18.6. The Bertz CT molecular complexity index is 891. The number of hydrogen-bond acceptors (Lipinski definition) is 4. The van der Waals surface area contributed by atoms with Gasteiger partial charge in [-0.1, -0.05) is 12.1 Å². The number of rotatable bonds is 3. The molecule has 4 rings (SSSR count). The molecular weight excluding hydrogens is 340 g/mol. The molecule has 2 aromatic rings. The van der Waals surface area contributed by atoms with Crippen LogP contribution in [-0.2, 0) is 4.79 Å². The molecule has 0 aromatic heterocycles. The molecule has 1 saturated heterocycles. The summed E-state index contributed by atoms with van der Waals surface area (Å²) in [6.07, 6.45) is 0.935. The third kappa shape index (κ3) is 3.46. The number of nitrogens with zero attached hydrogens (tertiary/aromatic N) is 1. The number of carbonyl (C=O) groups is 1. The maximum absolute atomic E-state index is 11.1. The van der Waals surface area contributed by atoms with Crippen molar-refractivity contribution in [3.8, 4) is 16.9 Å². The zero-order valence-electron chi connectivity index (χ0n) is 16.1. The molecule has 2 aromatic carbocycles. The van der Waals surface area contributed by atoms with Crippen LogP contribution in [0.15, 0.2) is 36.4 Å². The van der Waals surface area contributed by atoms with Crippen LogP contribution in [0.5, 0.6) is 5.75 Å². The van der Waals surface area contributed by atoms with Gasteiger partial charge in [-0.25, -0.2) is 0 Å². The summed E-state index contributed by atoms with van der Waals surface area (Å²) in [5.74, 6) is -0.0793. The molecule has 5 nitrogen and oxygen atoms in total. The quantitative estimate of drug-likeness (QED) is 0.841. The van der Waals surface area contributed by atoms with Gasteiger partial charge >= 0.3 is 5.97 Å². The van der Waals surface area contributed by atoms with Gasteiger partial charge in [-0.3, -0.25) is 4.79 Å². The first-order chi connectivity index (χ1) is 12.8. The zero-order valence-corrected chi connectivity index (χ0v) is 16.1. The molecule has 0 radical (unpaired) electrons. The van der Waals surface area contributed by atoms with Crippen molar-refractivity contribution in [2.75, 3.05) is 29.9 Å². The lowest BCUT2D eigenvalue weighted by molar-refractivity contribution is -0.142. The SMILES string of the molecule is Cc1cc2c(c(-c3cccc(N4CC(C(=O)O)C4)c3)c1)NCCC(C)(C)O2.[HH]. The minimum Gasteiger partial charge on any atom is -0.486 e. The number of anilines is 2. The Hall–Kier alpha value is -2.69. The molecule has 0 spiro atoms. The first kappa shape index (κ1) is 17.7. The van der Waals surface area contributed by atoms with Gasteiger partial charge in [-0.05, 0) is 56.2 Å². The Morgan fingerprint density at radius 2 is 2.07 bits per heavy atom. The van der Waals surface area contributed by atoms with Gasteiger partial charge in [0.1, 0.15) is 11.4 Å². The van der Waals surface area contributed by atoms with E-state index in [4.69, 9.17) is 9.84 Å². The molecule has 1 fully saturated rings. The van der Waals surface area contributed by atoms with E-state index in [2.05, 4.69) is 55.3 Å². The highest BCUT2D eigenvalue weighted by Crippen LogP contribution is 2.42. The van der Waals surface area contributed by atoms with E-state index in [-0.39, 0.29) is 12.9 Å². The van der Waals surface area contributed by atoms with Crippen molar-refractivity contribution in [1.29, 1.82) is 0 Å². The Morgan fingerprint density at radius 1 is 1.30 bits per heavy atom. The largest absolute Gasteiger partial charge is 0.486 e. The molecule has 0 aliphatic carbocycles. The highest BCUT2D eigenvalue weighted by Gasteiger charge is 2.33. The van der Waals surface area contributed by atoms with Crippen molar-refractivity contribution in [3.63, 3.8) is 0 Å². The smallest absolute Gasteiger partial charge is 0.310 e. The molecule has 2 heterocycles. The van der Waals surface area contributed by atoms with E-state index in [9.17, 15) is 4.79 Å². The Morgan fingerprint density at radius 3 is 2.81 bits per heavy atom. The van der Waals surface area contributed by atoms with Crippen LogP contribution in [-0.4, -0.2) is 36.3 Å². The van der Waals surface area contributed by atoms with E-state index >= 15 is 0 Å². The number of carboxylic acids is 1. The third-order valence-electron chi connectivity index (χ3n) is 5.41. The minimum atomic E-state index is -0.713. The predicted molar refractivity (Wildman–Crippen MR) is 110 cm³/mol. The molecule has 0 unspecified atom stereocenters. The standard InChI is InChI=1S/C22H26N2O3.H2/c1-14-9-18(20-19(10-14)27-22(2,3)7-8-23-20)15-5-4-6-17(11-15)24-12-16(13-24)21(25)26;/h4-6,9-11,16,23H,7-8,12-13H2,1-3H3,(H,25,26);1H. The monoisotopic (exact) mass is 368 g/mol. The van der Waals surface area contributed by atoms with E-state index in [0.29, 0.717) is 13.1 Å². The van der Waals surface area contributed by atoms with Crippen molar-refractivity contribution in [3.05, 3.63) is 42.0 Å². The maximum atomic E-state index is 11.1. The Kier molecular flexibility index (Phi) is 4.25. The fourth-order valence-electron chi connectivity index (χ4n) is 3.80. The molecule has 2 N–H and O–H groups in total. The predicted octanol–water partition coefficient (Wildman–Crippen LogP) is 4.40. The Labute approximate surface area is 161 Å². The van der Waals surface area contributed by atoms with Gasteiger partial charge in [0.2, 0.25) is 0 Å². The second kappa shape index (κ2) is 6.48. The van der Waals surface area contributed by atoms with Crippen LogP contribution in [0, 0.1) is 12.8 Å². The Balaban J connectivity index is 0.00000225. The maximum Gasteiger partial charge on any atom is 0.310 e. The van der Waals surface area contributed by atoms with Gasteiger partial charge in [0.15, 0.2) is 0 Å². The fraction of sp³-hybridized carbons (Fsp3) is 0.409. The molecule has 5 heteroatoms. The van der Waals surface area contributed by atoms with Crippen LogP contribution in [0.25, 0.3) is 11.1 Å². The second-order valence-electron chi connectivity index (χ2n) is 8.21. The summed E-state index contributed by atoms with van der Waals surface area (Å²) in [6.45, 7) is 8.33. The lowest BCUT2D eigenvalue weighted by Crippen LogP contribution is -2.50. The number of fused-ring (bicyclic) bond motifs is 1. The molecule has 2 aliphatic rings. The van der Waals surface area contributed by atoms with Crippen molar-refractivity contribution < 1.29 is 16.1 Å². The summed E-state index contributed by atoms with van der Waals surface area (Å²) in [5.41, 5.74) is 5.30. The average Bonchev–Trinajstić information content (AvgIpc) is 2.69. The highest BCUT2D eigenvalue weighted by atomic mass is 16.5. The second-order valence-corrected chi connectivity index (χ2v) is 8.21. The van der Waals surface area contributed by atoms with Gasteiger partial charge in [0.05, 0.1) is 11.6 Å². The number of aliphatic carboxylic acids is 1. The van der Waals surface area contributed by atoms with Crippen LogP contribution in [0.1, 0.15) is 27.3 Å². The zero-order chi connectivity index (χ0) is 19.2. The van der Waals surface area contributed by atoms with Crippen LogP contribution in [0.2, 0.25) is 0 Å². The first-order valence-electron chi connectivity index (χ1n) is 9.48. The van der Waals surface area contributed by atoms with Crippen LogP contribution < -0.4 is 15.0 Å². The molecule has 0 amide bonds. The van der Waals surface area contributed by atoms with Gasteiger partial charge in [0.25, 0.3) is 0 Å². The van der Waals surface area contributed by atoms with Crippen molar-refractivity contribution >= 4 is 17.3 Å². The summed E-state index contributed by atoms with van der Waals surface area (Å²) < 4.78 is 6.30. The number of nitrogens with one attached hydrogen (secondary N) is 1. The molecule has 2 aliphatic heterocycles. The van der Waals surface area contributed by atoms with Gasteiger partial charge < -0.3 is 20.1 Å². The van der Waals surface area contributed by atoms with Gasteiger partial charge in [0, 0.05) is 38.7 Å². The lowest BCUT2D eigenvalue weighted by atomic mass is 9.96. The first-order valence-corrected chi connectivity index (χ1v) is 9.48. The number of ether oxygens (including phenoxy) is 1. The lowest BCUT2D eigenvalue weighted by Gasteiger charge is -2.38. The van der Waals surface area contributed by atoms with Crippen molar-refractivity contribution in [2.45, 2.75) is 32.8 Å². The summed E-state index contributed by atoms with van der Waals surface area (Å²) >= 11 is 0. The minimum absolute atomic E-state index is 0. The van der Waals surface area contributed by atoms with E-state index in [0.717, 1.165) is 46.8 Å². The summed E-state index contributed by atoms with van der Waals surface area (Å²) in [5, 5.41) is 12.7.